The highest BCUT2D eigenvalue weighted by Gasteiger charge is 2.14. The number of anilines is 1. The summed E-state index contributed by atoms with van der Waals surface area (Å²) in [5.41, 5.74) is 1.25. The third-order valence-electron chi connectivity index (χ3n) is 4.02. The molecule has 1 N–H and O–H groups in total. The lowest BCUT2D eigenvalue weighted by atomic mass is 10.2. The summed E-state index contributed by atoms with van der Waals surface area (Å²) in [5.74, 6) is -0.468. The highest BCUT2D eigenvalue weighted by Crippen LogP contribution is 2.23. The van der Waals surface area contributed by atoms with E-state index in [0.717, 1.165) is 11.6 Å². The molecule has 1 amide bonds. The third-order valence-corrected chi connectivity index (χ3v) is 4.02. The van der Waals surface area contributed by atoms with Crippen molar-refractivity contribution in [3.05, 3.63) is 90.7 Å². The summed E-state index contributed by atoms with van der Waals surface area (Å²) in [7, 11) is 0. The minimum atomic E-state index is -0.599. The number of nitrogens with one attached hydrogen (secondary N) is 1. The third kappa shape index (κ3) is 4.24. The molecule has 8 nitrogen and oxygen atoms in total. The van der Waals surface area contributed by atoms with E-state index in [2.05, 4.69) is 25.4 Å². The molecule has 3 heterocycles. The first-order valence-electron chi connectivity index (χ1n) is 8.63. The molecule has 0 fully saturated rings. The van der Waals surface area contributed by atoms with Gasteiger partial charge in [-0.15, -0.1) is 0 Å². The van der Waals surface area contributed by atoms with E-state index >= 15 is 0 Å². The maximum absolute atomic E-state index is 14.4. The van der Waals surface area contributed by atoms with Crippen molar-refractivity contribution in [2.24, 2.45) is 0 Å². The van der Waals surface area contributed by atoms with Crippen molar-refractivity contribution in [1.82, 2.24) is 24.7 Å². The number of nitrogens with zero attached hydrogens (tertiary/aromatic N) is 5. The van der Waals surface area contributed by atoms with Gasteiger partial charge in [-0.05, 0) is 48.0 Å². The molecule has 1 aromatic carbocycles. The Kier molecular flexibility index (Phi) is 5.19. The normalized spacial score (nSPS) is 10.5. The van der Waals surface area contributed by atoms with Gasteiger partial charge in [0.25, 0.3) is 5.91 Å². The molecule has 4 aromatic rings. The first-order valence-corrected chi connectivity index (χ1v) is 8.63. The van der Waals surface area contributed by atoms with Crippen LogP contribution >= 0.6 is 0 Å². The molecule has 0 atom stereocenters. The van der Waals surface area contributed by atoms with Gasteiger partial charge in [0, 0.05) is 24.2 Å². The Labute approximate surface area is 165 Å². The van der Waals surface area contributed by atoms with Gasteiger partial charge < -0.3 is 10.1 Å². The first-order chi connectivity index (χ1) is 14.2. The largest absolute Gasteiger partial charge is 0.485 e. The van der Waals surface area contributed by atoms with Gasteiger partial charge >= 0.3 is 0 Å². The molecule has 0 radical (unpaired) electrons. The van der Waals surface area contributed by atoms with Gasteiger partial charge in [-0.3, -0.25) is 9.78 Å². The fourth-order valence-electron chi connectivity index (χ4n) is 2.59. The molecule has 0 bridgehead atoms. The van der Waals surface area contributed by atoms with Crippen LogP contribution in [0.4, 0.5) is 10.2 Å². The Balaban J connectivity index is 1.49. The fourth-order valence-corrected chi connectivity index (χ4v) is 2.59. The van der Waals surface area contributed by atoms with Crippen LogP contribution in [0.2, 0.25) is 0 Å². The predicted octanol–water partition coefficient (Wildman–Crippen LogP) is 3.03. The number of aromatic nitrogens is 5. The van der Waals surface area contributed by atoms with Gasteiger partial charge in [0.1, 0.15) is 30.8 Å². The minimum Gasteiger partial charge on any atom is -0.485 e. The SMILES string of the molecule is O=C(Nc1ncccc1OCc1ccncc1)c1ccc(-n2cncn2)c(F)c1. The van der Waals surface area contributed by atoms with E-state index < -0.39 is 11.7 Å². The summed E-state index contributed by atoms with van der Waals surface area (Å²) in [6.45, 7) is 0.290. The topological polar surface area (TPSA) is 94.8 Å². The highest BCUT2D eigenvalue weighted by molar-refractivity contribution is 6.04. The van der Waals surface area contributed by atoms with Crippen molar-refractivity contribution in [3.8, 4) is 11.4 Å². The smallest absolute Gasteiger partial charge is 0.257 e. The number of hydrogen-bond acceptors (Lipinski definition) is 6. The first kappa shape index (κ1) is 18.2. The Morgan fingerprint density at radius 3 is 2.72 bits per heavy atom. The lowest BCUT2D eigenvalue weighted by Gasteiger charge is -2.12. The van der Waals surface area contributed by atoms with Crippen LogP contribution in [0.3, 0.4) is 0 Å². The molecule has 0 saturated carbocycles. The quantitative estimate of drug-likeness (QED) is 0.544. The predicted molar refractivity (Wildman–Crippen MR) is 102 cm³/mol. The number of rotatable bonds is 6. The summed E-state index contributed by atoms with van der Waals surface area (Å²) in [6, 6.07) is 11.1. The summed E-state index contributed by atoms with van der Waals surface area (Å²) in [6.07, 6.45) is 7.54. The van der Waals surface area contributed by atoms with E-state index in [4.69, 9.17) is 4.74 Å². The van der Waals surface area contributed by atoms with Gasteiger partial charge in [0.05, 0.1) is 0 Å². The van der Waals surface area contributed by atoms with E-state index in [9.17, 15) is 9.18 Å². The number of hydrogen-bond donors (Lipinski definition) is 1. The zero-order chi connectivity index (χ0) is 20.1. The number of carbonyl (C=O) groups excluding carboxylic acids is 1. The molecule has 144 valence electrons. The van der Waals surface area contributed by atoms with Gasteiger partial charge in [0.15, 0.2) is 11.6 Å². The van der Waals surface area contributed by atoms with Gasteiger partial charge in [-0.25, -0.2) is 19.0 Å². The second kappa shape index (κ2) is 8.26. The Morgan fingerprint density at radius 1 is 1.10 bits per heavy atom. The Morgan fingerprint density at radius 2 is 1.97 bits per heavy atom. The molecular weight excluding hydrogens is 375 g/mol. The monoisotopic (exact) mass is 390 g/mol. The maximum atomic E-state index is 14.4. The number of carbonyl (C=O) groups is 1. The Hall–Kier alpha value is -4.14. The van der Waals surface area contributed by atoms with E-state index in [1.165, 1.54) is 35.7 Å². The van der Waals surface area contributed by atoms with Crippen molar-refractivity contribution in [2.75, 3.05) is 5.32 Å². The van der Waals surface area contributed by atoms with Crippen LogP contribution in [0.5, 0.6) is 5.75 Å². The molecule has 0 unspecified atom stereocenters. The van der Waals surface area contributed by atoms with Gasteiger partial charge in [-0.1, -0.05) is 0 Å². The van der Waals surface area contributed by atoms with Crippen LogP contribution in [0.15, 0.2) is 73.7 Å². The van der Waals surface area contributed by atoms with Crippen LogP contribution in [-0.2, 0) is 6.61 Å². The fraction of sp³-hybridized carbons (Fsp3) is 0.0500. The van der Waals surface area contributed by atoms with E-state index in [-0.39, 0.29) is 23.7 Å². The van der Waals surface area contributed by atoms with Crippen LogP contribution in [0, 0.1) is 5.82 Å². The van der Waals surface area contributed by atoms with Gasteiger partial charge in [0.2, 0.25) is 0 Å². The number of halogens is 1. The van der Waals surface area contributed by atoms with Crippen LogP contribution in [-0.4, -0.2) is 30.6 Å². The zero-order valence-corrected chi connectivity index (χ0v) is 15.1. The molecule has 0 spiro atoms. The highest BCUT2D eigenvalue weighted by atomic mass is 19.1. The average Bonchev–Trinajstić information content (AvgIpc) is 3.28. The Bertz CT molecular complexity index is 1120. The number of benzene rings is 1. The van der Waals surface area contributed by atoms with Crippen LogP contribution < -0.4 is 10.1 Å². The molecule has 0 aliphatic carbocycles. The van der Waals surface area contributed by atoms with Crippen molar-refractivity contribution >= 4 is 11.7 Å². The molecule has 0 aliphatic rings. The van der Waals surface area contributed by atoms with E-state index in [1.54, 1.807) is 24.5 Å². The van der Waals surface area contributed by atoms with E-state index in [1.807, 2.05) is 12.1 Å². The summed E-state index contributed by atoms with van der Waals surface area (Å²) in [5, 5.41) is 6.54. The summed E-state index contributed by atoms with van der Waals surface area (Å²) < 4.78 is 21.4. The molecule has 0 saturated heterocycles. The molecule has 4 rings (SSSR count). The zero-order valence-electron chi connectivity index (χ0n) is 15.1. The average molecular weight is 390 g/mol. The minimum absolute atomic E-state index is 0.136. The van der Waals surface area contributed by atoms with Crippen molar-refractivity contribution in [2.45, 2.75) is 6.61 Å². The summed E-state index contributed by atoms with van der Waals surface area (Å²) in [4.78, 5) is 24.5. The van der Waals surface area contributed by atoms with Crippen LogP contribution in [0.1, 0.15) is 15.9 Å². The lowest BCUT2D eigenvalue weighted by molar-refractivity contribution is 0.102. The second-order valence-corrected chi connectivity index (χ2v) is 5.95. The molecule has 3 aromatic heterocycles. The molecule has 29 heavy (non-hydrogen) atoms. The van der Waals surface area contributed by atoms with Crippen LogP contribution in [0.25, 0.3) is 5.69 Å². The molecule has 0 aliphatic heterocycles. The second-order valence-electron chi connectivity index (χ2n) is 5.95. The number of ether oxygens (including phenoxy) is 1. The molecular formula is C20H15FN6O2. The van der Waals surface area contributed by atoms with Crippen molar-refractivity contribution in [1.29, 1.82) is 0 Å². The van der Waals surface area contributed by atoms with E-state index in [0.29, 0.717) is 5.75 Å². The lowest BCUT2D eigenvalue weighted by Crippen LogP contribution is -2.15. The number of amides is 1. The maximum Gasteiger partial charge on any atom is 0.257 e. The van der Waals surface area contributed by atoms with Crippen molar-refractivity contribution in [3.63, 3.8) is 0 Å². The summed E-state index contributed by atoms with van der Waals surface area (Å²) >= 11 is 0. The number of pyridine rings is 2. The standard InChI is InChI=1S/C20H15FN6O2/c21-16-10-15(3-4-17(16)27-13-23-12-25-27)20(28)26-19-18(2-1-7-24-19)29-11-14-5-8-22-9-6-14/h1-10,12-13H,11H2,(H,24,26,28). The van der Waals surface area contributed by atoms with Crippen molar-refractivity contribution < 1.29 is 13.9 Å². The van der Waals surface area contributed by atoms with Gasteiger partial charge in [-0.2, -0.15) is 5.10 Å². The molecule has 9 heteroatoms.